The summed E-state index contributed by atoms with van der Waals surface area (Å²) in [6, 6.07) is 2.09. The van der Waals surface area contributed by atoms with Gasteiger partial charge in [0.15, 0.2) is 0 Å². The predicted octanol–water partition coefficient (Wildman–Crippen LogP) is 0.267. The number of carbonyl (C=O) groups excluding carboxylic acids is 1. The van der Waals surface area contributed by atoms with Crippen LogP contribution in [0.25, 0.3) is 0 Å². The van der Waals surface area contributed by atoms with E-state index in [2.05, 4.69) is 6.07 Å². The van der Waals surface area contributed by atoms with Gasteiger partial charge in [0.2, 0.25) is 5.91 Å². The van der Waals surface area contributed by atoms with Crippen molar-refractivity contribution in [2.24, 2.45) is 17.8 Å². The molecule has 0 aliphatic carbocycles. The second-order valence-electron chi connectivity index (χ2n) is 6.91. The van der Waals surface area contributed by atoms with Crippen molar-refractivity contribution in [2.45, 2.75) is 26.2 Å². The first-order valence-corrected chi connectivity index (χ1v) is 9.77. The molecule has 0 radical (unpaired) electrons. The summed E-state index contributed by atoms with van der Waals surface area (Å²) in [4.78, 5) is 14.6. The smallest absolute Gasteiger partial charge is 0.282 e. The molecule has 0 bridgehead atoms. The van der Waals surface area contributed by atoms with E-state index in [1.54, 1.807) is 0 Å². The second kappa shape index (κ2) is 6.38. The van der Waals surface area contributed by atoms with Crippen LogP contribution in [0.3, 0.4) is 0 Å². The molecule has 0 N–H and O–H groups in total. The van der Waals surface area contributed by atoms with E-state index in [4.69, 9.17) is 5.26 Å². The molecule has 3 heterocycles. The first-order valence-electron chi connectivity index (χ1n) is 8.37. The Labute approximate surface area is 138 Å². The molecular weight excluding hydrogens is 316 g/mol. The monoisotopic (exact) mass is 340 g/mol. The number of likely N-dealkylation sites (tertiary alicyclic amines) is 1. The summed E-state index contributed by atoms with van der Waals surface area (Å²) < 4.78 is 28.1. The molecule has 0 aromatic rings. The number of carbonyl (C=O) groups is 1. The molecule has 1 amide bonds. The molecular formula is C15H24N4O3S. The second-order valence-corrected chi connectivity index (χ2v) is 8.84. The fourth-order valence-electron chi connectivity index (χ4n) is 3.61. The van der Waals surface area contributed by atoms with Gasteiger partial charge >= 0.3 is 0 Å². The van der Waals surface area contributed by atoms with Crippen molar-refractivity contribution in [3.05, 3.63) is 0 Å². The fourth-order valence-corrected chi connectivity index (χ4v) is 5.36. The summed E-state index contributed by atoms with van der Waals surface area (Å²) in [6.45, 7) is 4.91. The van der Waals surface area contributed by atoms with Crippen molar-refractivity contribution in [1.82, 2.24) is 13.5 Å². The van der Waals surface area contributed by atoms with Crippen LogP contribution in [0.4, 0.5) is 0 Å². The van der Waals surface area contributed by atoms with Gasteiger partial charge in [-0.05, 0) is 25.2 Å². The van der Waals surface area contributed by atoms with E-state index in [-0.39, 0.29) is 43.3 Å². The van der Waals surface area contributed by atoms with Crippen molar-refractivity contribution in [3.8, 4) is 6.07 Å². The van der Waals surface area contributed by atoms with E-state index in [1.165, 1.54) is 8.61 Å². The zero-order chi connectivity index (χ0) is 16.6. The van der Waals surface area contributed by atoms with Gasteiger partial charge in [0, 0.05) is 39.3 Å². The summed E-state index contributed by atoms with van der Waals surface area (Å²) in [5, 5.41) is 8.82. The molecule has 3 saturated heterocycles. The summed E-state index contributed by atoms with van der Waals surface area (Å²) in [6.07, 6.45) is 2.79. The first kappa shape index (κ1) is 16.7. The number of nitrogens with zero attached hydrogens (tertiary/aromatic N) is 4. The SMILES string of the molecule is CC1CCN(S(=O)(=O)N2CC(C#N)C2)C[C@H]1C(=O)N1CCCC1. The van der Waals surface area contributed by atoms with Crippen LogP contribution in [0.1, 0.15) is 26.2 Å². The van der Waals surface area contributed by atoms with Gasteiger partial charge in [-0.1, -0.05) is 6.92 Å². The van der Waals surface area contributed by atoms with Gasteiger partial charge in [0.25, 0.3) is 10.2 Å². The van der Waals surface area contributed by atoms with Gasteiger partial charge in [-0.25, -0.2) is 0 Å². The lowest BCUT2D eigenvalue weighted by Crippen LogP contribution is -2.58. The maximum atomic E-state index is 12.7. The molecule has 3 aliphatic heterocycles. The van der Waals surface area contributed by atoms with Crippen molar-refractivity contribution in [3.63, 3.8) is 0 Å². The van der Waals surface area contributed by atoms with Gasteiger partial charge in [0.05, 0.1) is 17.9 Å². The molecule has 3 aliphatic rings. The van der Waals surface area contributed by atoms with E-state index < -0.39 is 10.2 Å². The van der Waals surface area contributed by atoms with E-state index >= 15 is 0 Å². The maximum absolute atomic E-state index is 12.7. The van der Waals surface area contributed by atoms with Crippen LogP contribution < -0.4 is 0 Å². The summed E-state index contributed by atoms with van der Waals surface area (Å²) in [5.41, 5.74) is 0. The van der Waals surface area contributed by atoms with Gasteiger partial charge in [-0.2, -0.15) is 22.3 Å². The Hall–Kier alpha value is -1.17. The third kappa shape index (κ3) is 3.10. The molecule has 128 valence electrons. The third-order valence-corrected chi connectivity index (χ3v) is 7.27. The molecule has 23 heavy (non-hydrogen) atoms. The van der Waals surface area contributed by atoms with Gasteiger partial charge in [-0.15, -0.1) is 0 Å². The van der Waals surface area contributed by atoms with Crippen molar-refractivity contribution >= 4 is 16.1 Å². The molecule has 7 nitrogen and oxygen atoms in total. The number of amides is 1. The zero-order valence-corrected chi connectivity index (χ0v) is 14.3. The normalized spacial score (nSPS) is 30.9. The van der Waals surface area contributed by atoms with Gasteiger partial charge in [0.1, 0.15) is 0 Å². The highest BCUT2D eigenvalue weighted by Gasteiger charge is 2.44. The lowest BCUT2D eigenvalue weighted by molar-refractivity contribution is -0.137. The van der Waals surface area contributed by atoms with Crippen LogP contribution in [0.2, 0.25) is 0 Å². The van der Waals surface area contributed by atoms with Crippen LogP contribution in [0.5, 0.6) is 0 Å². The predicted molar refractivity (Wildman–Crippen MR) is 84.3 cm³/mol. The average molecular weight is 340 g/mol. The zero-order valence-electron chi connectivity index (χ0n) is 13.5. The van der Waals surface area contributed by atoms with E-state index in [1.807, 2.05) is 11.8 Å². The van der Waals surface area contributed by atoms with E-state index in [0.29, 0.717) is 13.0 Å². The number of rotatable bonds is 3. The Morgan fingerprint density at radius 1 is 1.09 bits per heavy atom. The lowest BCUT2D eigenvalue weighted by Gasteiger charge is -2.42. The summed E-state index contributed by atoms with van der Waals surface area (Å²) >= 11 is 0. The lowest BCUT2D eigenvalue weighted by atomic mass is 9.87. The minimum absolute atomic E-state index is 0.105. The quantitative estimate of drug-likeness (QED) is 0.738. The van der Waals surface area contributed by atoms with Crippen LogP contribution in [-0.4, -0.2) is 67.1 Å². The Bertz CT molecular complexity index is 603. The summed E-state index contributed by atoms with van der Waals surface area (Å²) in [5.74, 6) is -0.133. The standard InChI is InChI=1S/C15H24N4O3S/c1-12-4-7-18(23(21,22)19-9-13(8-16)10-19)11-14(12)15(20)17-5-2-3-6-17/h12-14H,2-7,9-11H2,1H3/t12?,14-/m1/s1. The number of piperidine rings is 1. The Balaban J connectivity index is 1.68. The summed E-state index contributed by atoms with van der Waals surface area (Å²) in [7, 11) is -3.54. The van der Waals surface area contributed by atoms with Crippen molar-refractivity contribution in [1.29, 1.82) is 5.26 Å². The van der Waals surface area contributed by atoms with Crippen molar-refractivity contribution < 1.29 is 13.2 Å². The number of hydrogen-bond acceptors (Lipinski definition) is 4. The van der Waals surface area contributed by atoms with Crippen LogP contribution in [0, 0.1) is 29.1 Å². The molecule has 8 heteroatoms. The number of hydrogen-bond donors (Lipinski definition) is 0. The third-order valence-electron chi connectivity index (χ3n) is 5.34. The molecule has 3 fully saturated rings. The highest BCUT2D eigenvalue weighted by molar-refractivity contribution is 7.86. The molecule has 1 unspecified atom stereocenters. The van der Waals surface area contributed by atoms with E-state index in [0.717, 1.165) is 25.9 Å². The fraction of sp³-hybridized carbons (Fsp3) is 0.867. The van der Waals surface area contributed by atoms with Crippen molar-refractivity contribution in [2.75, 3.05) is 39.3 Å². The first-order chi connectivity index (χ1) is 10.9. The minimum atomic E-state index is -3.54. The van der Waals surface area contributed by atoms with Crippen LogP contribution >= 0.6 is 0 Å². The Morgan fingerprint density at radius 3 is 2.35 bits per heavy atom. The highest BCUT2D eigenvalue weighted by Crippen LogP contribution is 2.30. The molecule has 0 spiro atoms. The largest absolute Gasteiger partial charge is 0.342 e. The minimum Gasteiger partial charge on any atom is -0.342 e. The van der Waals surface area contributed by atoms with Crippen LogP contribution in [0.15, 0.2) is 0 Å². The van der Waals surface area contributed by atoms with Gasteiger partial charge < -0.3 is 4.90 Å². The highest BCUT2D eigenvalue weighted by atomic mass is 32.2. The van der Waals surface area contributed by atoms with Gasteiger partial charge in [-0.3, -0.25) is 4.79 Å². The molecule has 2 atom stereocenters. The number of nitriles is 1. The Morgan fingerprint density at radius 2 is 1.74 bits per heavy atom. The Kier molecular flexibility index (Phi) is 4.63. The van der Waals surface area contributed by atoms with E-state index in [9.17, 15) is 13.2 Å². The molecule has 0 saturated carbocycles. The molecule has 3 rings (SSSR count). The topological polar surface area (TPSA) is 84.7 Å². The molecule has 0 aromatic heterocycles. The maximum Gasteiger partial charge on any atom is 0.282 e. The average Bonchev–Trinajstić information content (AvgIpc) is 2.99. The van der Waals surface area contributed by atoms with Crippen LogP contribution in [-0.2, 0) is 15.0 Å². The molecule has 0 aromatic carbocycles.